The molecule has 0 saturated heterocycles. The summed E-state index contributed by atoms with van der Waals surface area (Å²) in [6, 6.07) is 13.4. The average Bonchev–Trinajstić information content (AvgIpc) is 2.47. The van der Waals surface area contributed by atoms with E-state index >= 15 is 0 Å². The molecule has 0 aromatic heterocycles. The second-order valence-corrected chi connectivity index (χ2v) is 4.66. The average molecular weight is 269 g/mol. The van der Waals surface area contributed by atoms with E-state index in [1.54, 1.807) is 25.2 Å². The van der Waals surface area contributed by atoms with Gasteiger partial charge in [0.2, 0.25) is 0 Å². The Kier molecular flexibility index (Phi) is 4.25. The van der Waals surface area contributed by atoms with Crippen molar-refractivity contribution in [2.75, 3.05) is 18.1 Å². The molecule has 0 saturated carbocycles. The van der Waals surface area contributed by atoms with Gasteiger partial charge in [-0.15, -0.1) is 0 Å². The third kappa shape index (κ3) is 3.09. The van der Waals surface area contributed by atoms with Gasteiger partial charge in [0.25, 0.3) is 5.91 Å². The quantitative estimate of drug-likeness (QED) is 0.747. The highest BCUT2D eigenvalue weighted by atomic mass is 16.1. The summed E-state index contributed by atoms with van der Waals surface area (Å²) in [6.07, 6.45) is 0. The maximum atomic E-state index is 11.6. The zero-order chi connectivity index (χ0) is 14.5. The molecule has 2 aromatic carbocycles. The highest BCUT2D eigenvalue weighted by Crippen LogP contribution is 2.21. The number of aryl methyl sites for hydroxylation is 1. The second kappa shape index (κ2) is 6.10. The zero-order valence-corrected chi connectivity index (χ0v) is 11.7. The number of hydrogen-bond acceptors (Lipinski definition) is 3. The van der Waals surface area contributed by atoms with Crippen LogP contribution in [-0.2, 0) is 6.54 Å². The third-order valence-corrected chi connectivity index (χ3v) is 3.27. The predicted octanol–water partition coefficient (Wildman–Crippen LogP) is 2.55. The van der Waals surface area contributed by atoms with Crippen LogP contribution in [0.5, 0.6) is 0 Å². The highest BCUT2D eigenvalue weighted by molar-refractivity contribution is 5.96. The van der Waals surface area contributed by atoms with Crippen LogP contribution in [0.25, 0.3) is 0 Å². The van der Waals surface area contributed by atoms with E-state index in [0.29, 0.717) is 17.8 Å². The standard InChI is InChI=1S/C16H19N3O/c1-11-5-3-4-6-13(11)10-19-15-9-12(16(20)18-2)7-8-14(15)17/h3-9,19H,10,17H2,1-2H3,(H,18,20). The van der Waals surface area contributed by atoms with E-state index in [0.717, 1.165) is 5.69 Å². The molecular weight excluding hydrogens is 250 g/mol. The van der Waals surface area contributed by atoms with Gasteiger partial charge in [0, 0.05) is 19.2 Å². The molecule has 0 fully saturated rings. The lowest BCUT2D eigenvalue weighted by Crippen LogP contribution is -2.18. The van der Waals surface area contributed by atoms with Crippen LogP contribution < -0.4 is 16.4 Å². The monoisotopic (exact) mass is 269 g/mol. The molecule has 0 aliphatic rings. The van der Waals surface area contributed by atoms with E-state index in [9.17, 15) is 4.79 Å². The van der Waals surface area contributed by atoms with Crippen LogP contribution in [0, 0.1) is 6.92 Å². The molecule has 4 nitrogen and oxygen atoms in total. The third-order valence-electron chi connectivity index (χ3n) is 3.27. The first-order valence-corrected chi connectivity index (χ1v) is 6.52. The first-order chi connectivity index (χ1) is 9.61. The molecule has 104 valence electrons. The summed E-state index contributed by atoms with van der Waals surface area (Å²) >= 11 is 0. The van der Waals surface area contributed by atoms with Crippen molar-refractivity contribution in [3.05, 3.63) is 59.2 Å². The number of carbonyl (C=O) groups is 1. The fourth-order valence-corrected chi connectivity index (χ4v) is 1.99. The fraction of sp³-hybridized carbons (Fsp3) is 0.188. The SMILES string of the molecule is CNC(=O)c1ccc(N)c(NCc2ccccc2C)c1. The molecule has 20 heavy (non-hydrogen) atoms. The molecule has 1 amide bonds. The van der Waals surface area contributed by atoms with Gasteiger partial charge in [0.05, 0.1) is 11.4 Å². The number of nitrogens with one attached hydrogen (secondary N) is 2. The van der Waals surface area contributed by atoms with Gasteiger partial charge in [-0.3, -0.25) is 4.79 Å². The Morgan fingerprint density at radius 3 is 2.65 bits per heavy atom. The largest absolute Gasteiger partial charge is 0.397 e. The molecule has 0 heterocycles. The number of nitrogens with two attached hydrogens (primary N) is 1. The smallest absolute Gasteiger partial charge is 0.251 e. The van der Waals surface area contributed by atoms with Crippen LogP contribution in [0.15, 0.2) is 42.5 Å². The van der Waals surface area contributed by atoms with Gasteiger partial charge in [-0.25, -0.2) is 0 Å². The van der Waals surface area contributed by atoms with E-state index in [2.05, 4.69) is 29.7 Å². The van der Waals surface area contributed by atoms with Crippen molar-refractivity contribution in [3.63, 3.8) is 0 Å². The van der Waals surface area contributed by atoms with Crippen LogP contribution in [0.1, 0.15) is 21.5 Å². The molecule has 2 rings (SSSR count). The molecule has 0 unspecified atom stereocenters. The molecule has 0 radical (unpaired) electrons. The summed E-state index contributed by atoms with van der Waals surface area (Å²) in [4.78, 5) is 11.6. The van der Waals surface area contributed by atoms with Gasteiger partial charge in [-0.2, -0.15) is 0 Å². The summed E-state index contributed by atoms with van der Waals surface area (Å²) in [6.45, 7) is 2.75. The van der Waals surface area contributed by atoms with Gasteiger partial charge in [0.1, 0.15) is 0 Å². The van der Waals surface area contributed by atoms with Crippen molar-refractivity contribution in [1.29, 1.82) is 0 Å². The highest BCUT2D eigenvalue weighted by Gasteiger charge is 2.07. The van der Waals surface area contributed by atoms with Crippen molar-refractivity contribution in [2.45, 2.75) is 13.5 Å². The van der Waals surface area contributed by atoms with Crippen molar-refractivity contribution in [3.8, 4) is 0 Å². The minimum Gasteiger partial charge on any atom is -0.397 e. The van der Waals surface area contributed by atoms with Crippen LogP contribution in [0.2, 0.25) is 0 Å². The van der Waals surface area contributed by atoms with Gasteiger partial charge >= 0.3 is 0 Å². The Balaban J connectivity index is 2.17. The first-order valence-electron chi connectivity index (χ1n) is 6.52. The summed E-state index contributed by atoms with van der Waals surface area (Å²) in [7, 11) is 1.61. The topological polar surface area (TPSA) is 67.2 Å². The Labute approximate surface area is 119 Å². The van der Waals surface area contributed by atoms with E-state index < -0.39 is 0 Å². The predicted molar refractivity (Wildman–Crippen MR) is 82.8 cm³/mol. The molecule has 0 spiro atoms. The van der Waals surface area contributed by atoms with Crippen molar-refractivity contribution >= 4 is 17.3 Å². The maximum absolute atomic E-state index is 11.6. The molecule has 0 aliphatic carbocycles. The number of nitrogen functional groups attached to an aromatic ring is 1. The zero-order valence-electron chi connectivity index (χ0n) is 11.7. The fourth-order valence-electron chi connectivity index (χ4n) is 1.99. The molecule has 4 N–H and O–H groups in total. The summed E-state index contributed by atoms with van der Waals surface area (Å²) in [5.74, 6) is -0.121. The lowest BCUT2D eigenvalue weighted by atomic mass is 10.1. The van der Waals surface area contributed by atoms with Crippen LogP contribution in [-0.4, -0.2) is 13.0 Å². The Hall–Kier alpha value is -2.49. The minimum atomic E-state index is -0.121. The van der Waals surface area contributed by atoms with Crippen molar-refractivity contribution in [1.82, 2.24) is 5.32 Å². The lowest BCUT2D eigenvalue weighted by Gasteiger charge is -2.12. The van der Waals surface area contributed by atoms with Crippen LogP contribution >= 0.6 is 0 Å². The van der Waals surface area contributed by atoms with Gasteiger partial charge < -0.3 is 16.4 Å². The number of hydrogen-bond donors (Lipinski definition) is 3. The maximum Gasteiger partial charge on any atom is 0.251 e. The first kappa shape index (κ1) is 13.9. The second-order valence-electron chi connectivity index (χ2n) is 4.66. The molecule has 2 aromatic rings. The van der Waals surface area contributed by atoms with Crippen LogP contribution in [0.4, 0.5) is 11.4 Å². The normalized spacial score (nSPS) is 10.1. The van der Waals surface area contributed by atoms with E-state index in [1.165, 1.54) is 11.1 Å². The minimum absolute atomic E-state index is 0.121. The Bertz CT molecular complexity index is 623. The van der Waals surface area contributed by atoms with Gasteiger partial charge in [-0.1, -0.05) is 24.3 Å². The lowest BCUT2D eigenvalue weighted by molar-refractivity contribution is 0.0963. The molecule has 0 aliphatic heterocycles. The Morgan fingerprint density at radius 2 is 1.95 bits per heavy atom. The summed E-state index contributed by atoms with van der Waals surface area (Å²) in [5.41, 5.74) is 10.4. The summed E-state index contributed by atoms with van der Waals surface area (Å²) < 4.78 is 0. The molecule has 4 heteroatoms. The number of amides is 1. The molecular formula is C16H19N3O. The van der Waals surface area contributed by atoms with Gasteiger partial charge in [-0.05, 0) is 36.2 Å². The van der Waals surface area contributed by atoms with Crippen molar-refractivity contribution < 1.29 is 4.79 Å². The number of rotatable bonds is 4. The van der Waals surface area contributed by atoms with E-state index in [1.807, 2.05) is 12.1 Å². The van der Waals surface area contributed by atoms with E-state index in [4.69, 9.17) is 5.73 Å². The van der Waals surface area contributed by atoms with Crippen LogP contribution in [0.3, 0.4) is 0 Å². The molecule has 0 bridgehead atoms. The van der Waals surface area contributed by atoms with Gasteiger partial charge in [0.15, 0.2) is 0 Å². The number of anilines is 2. The molecule has 0 atom stereocenters. The summed E-state index contributed by atoms with van der Waals surface area (Å²) in [5, 5.41) is 5.89. The number of benzene rings is 2. The Morgan fingerprint density at radius 1 is 1.20 bits per heavy atom. The van der Waals surface area contributed by atoms with E-state index in [-0.39, 0.29) is 5.91 Å². The van der Waals surface area contributed by atoms with Crippen molar-refractivity contribution in [2.24, 2.45) is 0 Å². The number of carbonyl (C=O) groups excluding carboxylic acids is 1.